The Bertz CT molecular complexity index is 1130. The van der Waals surface area contributed by atoms with Crippen molar-refractivity contribution in [1.82, 2.24) is 9.47 Å². The van der Waals surface area contributed by atoms with Crippen LogP contribution in [0.5, 0.6) is 11.5 Å². The molecule has 0 saturated carbocycles. The molecule has 0 unspecified atom stereocenters. The number of ether oxygens (including phenoxy) is 2. The molecular weight excluding hydrogens is 384 g/mol. The second-order valence-electron chi connectivity index (χ2n) is 7.74. The number of carbonyl (C=O) groups excluding carboxylic acids is 1. The van der Waals surface area contributed by atoms with Crippen molar-refractivity contribution in [2.45, 2.75) is 38.3 Å². The van der Waals surface area contributed by atoms with E-state index in [2.05, 4.69) is 0 Å². The molecule has 2 aliphatic rings. The highest BCUT2D eigenvalue weighted by atomic mass is 16.5. The van der Waals surface area contributed by atoms with Crippen molar-refractivity contribution in [1.29, 1.82) is 0 Å². The molecule has 0 spiro atoms. The number of hydrogen-bond acceptors (Lipinski definition) is 5. The number of rotatable bonds is 4. The maximum absolute atomic E-state index is 13.0. The van der Waals surface area contributed by atoms with Gasteiger partial charge in [-0.25, -0.2) is 4.79 Å². The molecule has 2 aromatic carbocycles. The van der Waals surface area contributed by atoms with Crippen LogP contribution in [0.2, 0.25) is 0 Å². The van der Waals surface area contributed by atoms with E-state index in [0.717, 1.165) is 48.4 Å². The summed E-state index contributed by atoms with van der Waals surface area (Å²) in [6, 6.07) is 13.3. The Morgan fingerprint density at radius 1 is 1.03 bits per heavy atom. The van der Waals surface area contributed by atoms with Gasteiger partial charge in [0.25, 0.3) is 0 Å². The summed E-state index contributed by atoms with van der Waals surface area (Å²) in [6.45, 7) is 2.32. The summed E-state index contributed by atoms with van der Waals surface area (Å²) in [6.07, 6.45) is 2.99. The van der Waals surface area contributed by atoms with Gasteiger partial charge in [0, 0.05) is 25.9 Å². The van der Waals surface area contributed by atoms with Gasteiger partial charge in [-0.05, 0) is 42.7 Å². The number of carbonyl (C=O) groups is 1. The molecule has 5 rings (SSSR count). The van der Waals surface area contributed by atoms with E-state index in [9.17, 15) is 9.59 Å². The van der Waals surface area contributed by atoms with Crippen molar-refractivity contribution in [3.8, 4) is 11.5 Å². The largest absolute Gasteiger partial charge is 0.490 e. The summed E-state index contributed by atoms with van der Waals surface area (Å²) in [5.41, 5.74) is 2.33. The summed E-state index contributed by atoms with van der Waals surface area (Å²) in [7, 11) is 0. The van der Waals surface area contributed by atoms with Gasteiger partial charge in [-0.1, -0.05) is 18.2 Å². The van der Waals surface area contributed by atoms with Crippen LogP contribution in [0.25, 0.3) is 11.1 Å². The quantitative estimate of drug-likeness (QED) is 0.661. The highest BCUT2D eigenvalue weighted by Crippen LogP contribution is 2.38. The van der Waals surface area contributed by atoms with Crippen molar-refractivity contribution >= 4 is 17.0 Å². The molecule has 3 aromatic rings. The summed E-state index contributed by atoms with van der Waals surface area (Å²) in [5, 5.41) is 0. The predicted molar refractivity (Wildman–Crippen MR) is 111 cm³/mol. The van der Waals surface area contributed by atoms with E-state index in [1.54, 1.807) is 6.07 Å². The lowest BCUT2D eigenvalue weighted by atomic mass is 10.0. The number of amides is 1. The van der Waals surface area contributed by atoms with Crippen molar-refractivity contribution < 1.29 is 18.7 Å². The molecule has 7 nitrogen and oxygen atoms in total. The Morgan fingerprint density at radius 3 is 2.77 bits per heavy atom. The lowest BCUT2D eigenvalue weighted by Crippen LogP contribution is -2.32. The van der Waals surface area contributed by atoms with Crippen LogP contribution in [0.4, 0.5) is 0 Å². The molecule has 0 bridgehead atoms. The van der Waals surface area contributed by atoms with Crippen LogP contribution >= 0.6 is 0 Å². The molecule has 156 valence electrons. The Kier molecular flexibility index (Phi) is 4.94. The van der Waals surface area contributed by atoms with Crippen molar-refractivity contribution in [3.63, 3.8) is 0 Å². The second-order valence-corrected chi connectivity index (χ2v) is 7.74. The first-order valence-corrected chi connectivity index (χ1v) is 10.5. The highest BCUT2D eigenvalue weighted by molar-refractivity contribution is 5.78. The Balaban J connectivity index is 1.32. The molecule has 2 aliphatic heterocycles. The van der Waals surface area contributed by atoms with Crippen LogP contribution in [0.3, 0.4) is 0 Å². The third-order valence-electron chi connectivity index (χ3n) is 5.85. The van der Waals surface area contributed by atoms with Crippen molar-refractivity contribution in [3.05, 3.63) is 58.6 Å². The normalized spacial score (nSPS) is 18.5. The molecule has 0 radical (unpaired) electrons. The third-order valence-corrected chi connectivity index (χ3v) is 5.85. The van der Waals surface area contributed by atoms with E-state index in [1.165, 1.54) is 4.57 Å². The van der Waals surface area contributed by atoms with Crippen molar-refractivity contribution in [2.24, 2.45) is 0 Å². The molecule has 1 atom stereocenters. The van der Waals surface area contributed by atoms with Gasteiger partial charge in [0.15, 0.2) is 17.1 Å². The zero-order chi connectivity index (χ0) is 20.5. The summed E-state index contributed by atoms with van der Waals surface area (Å²) in [5.74, 6) is 1.13. The summed E-state index contributed by atoms with van der Waals surface area (Å²) < 4.78 is 18.3. The minimum Gasteiger partial charge on any atom is -0.490 e. The fraction of sp³-hybridized carbons (Fsp3) is 0.391. The van der Waals surface area contributed by atoms with Gasteiger partial charge in [0.1, 0.15) is 0 Å². The van der Waals surface area contributed by atoms with Crippen LogP contribution in [0.1, 0.15) is 37.3 Å². The van der Waals surface area contributed by atoms with E-state index in [1.807, 2.05) is 41.3 Å². The summed E-state index contributed by atoms with van der Waals surface area (Å²) in [4.78, 5) is 27.1. The fourth-order valence-corrected chi connectivity index (χ4v) is 4.38. The number of nitrogens with zero attached hydrogens (tertiary/aromatic N) is 2. The fourth-order valence-electron chi connectivity index (χ4n) is 4.38. The SMILES string of the molecule is O=C(CCn1c(=O)oc2ccccc21)N1CCC[C@H]1c1ccc2c(c1)OCCCO2. The lowest BCUT2D eigenvalue weighted by molar-refractivity contribution is -0.132. The smallest absolute Gasteiger partial charge is 0.419 e. The van der Waals surface area contributed by atoms with E-state index in [-0.39, 0.29) is 18.4 Å². The first kappa shape index (κ1) is 18.8. The first-order chi connectivity index (χ1) is 14.7. The van der Waals surface area contributed by atoms with Crippen LogP contribution in [-0.4, -0.2) is 35.1 Å². The zero-order valence-corrected chi connectivity index (χ0v) is 16.7. The van der Waals surface area contributed by atoms with Gasteiger partial charge in [0.2, 0.25) is 5.91 Å². The number of para-hydroxylation sites is 2. The molecule has 1 fully saturated rings. The molecular formula is C23H24N2O5. The minimum absolute atomic E-state index is 0.0208. The topological polar surface area (TPSA) is 73.9 Å². The molecule has 1 saturated heterocycles. The van der Waals surface area contributed by atoms with Crippen LogP contribution in [0, 0.1) is 0 Å². The average molecular weight is 408 g/mol. The van der Waals surface area contributed by atoms with Crippen LogP contribution < -0.4 is 15.2 Å². The standard InChI is InChI=1S/C23H24N2O5/c26-22(10-12-25-18-5-1-2-7-19(18)30-23(25)27)24-11-3-6-17(24)16-8-9-20-21(15-16)29-14-4-13-28-20/h1-2,5,7-9,15,17H,3-4,6,10-14H2/t17-/m0/s1. The Morgan fingerprint density at radius 2 is 1.87 bits per heavy atom. The number of likely N-dealkylation sites (tertiary alicyclic amines) is 1. The van der Waals surface area contributed by atoms with E-state index in [4.69, 9.17) is 13.9 Å². The lowest BCUT2D eigenvalue weighted by Gasteiger charge is -2.26. The second kappa shape index (κ2) is 7.89. The minimum atomic E-state index is -0.426. The molecule has 0 N–H and O–H groups in total. The number of benzene rings is 2. The van der Waals surface area contributed by atoms with Gasteiger partial charge in [-0.3, -0.25) is 9.36 Å². The first-order valence-electron chi connectivity index (χ1n) is 10.5. The number of fused-ring (bicyclic) bond motifs is 2. The van der Waals surface area contributed by atoms with E-state index in [0.29, 0.717) is 25.3 Å². The zero-order valence-electron chi connectivity index (χ0n) is 16.7. The molecule has 1 amide bonds. The Labute approximate surface area is 173 Å². The van der Waals surface area contributed by atoms with Gasteiger partial charge in [-0.15, -0.1) is 0 Å². The predicted octanol–water partition coefficient (Wildman–Crippen LogP) is 3.51. The van der Waals surface area contributed by atoms with Gasteiger partial charge >= 0.3 is 5.76 Å². The number of aromatic nitrogens is 1. The van der Waals surface area contributed by atoms with Crippen molar-refractivity contribution in [2.75, 3.05) is 19.8 Å². The maximum Gasteiger partial charge on any atom is 0.419 e. The number of aryl methyl sites for hydroxylation is 1. The van der Waals surface area contributed by atoms with Gasteiger partial charge < -0.3 is 18.8 Å². The monoisotopic (exact) mass is 408 g/mol. The van der Waals surface area contributed by atoms with Crippen LogP contribution in [-0.2, 0) is 11.3 Å². The van der Waals surface area contributed by atoms with E-state index < -0.39 is 5.76 Å². The molecule has 0 aliphatic carbocycles. The molecule has 30 heavy (non-hydrogen) atoms. The number of hydrogen-bond donors (Lipinski definition) is 0. The molecule has 3 heterocycles. The van der Waals surface area contributed by atoms with E-state index >= 15 is 0 Å². The van der Waals surface area contributed by atoms with Gasteiger partial charge in [0.05, 0.1) is 24.8 Å². The maximum atomic E-state index is 13.0. The van der Waals surface area contributed by atoms with Crippen LogP contribution in [0.15, 0.2) is 51.7 Å². The third kappa shape index (κ3) is 3.44. The molecule has 1 aromatic heterocycles. The average Bonchev–Trinajstić information content (AvgIpc) is 3.29. The number of oxazole rings is 1. The highest BCUT2D eigenvalue weighted by Gasteiger charge is 2.30. The Hall–Kier alpha value is -3.22. The van der Waals surface area contributed by atoms with Gasteiger partial charge in [-0.2, -0.15) is 0 Å². The molecule has 7 heteroatoms. The summed E-state index contributed by atoms with van der Waals surface area (Å²) >= 11 is 0.